The molecule has 0 spiro atoms. The van der Waals surface area contributed by atoms with E-state index in [1.807, 2.05) is 0 Å². The van der Waals surface area contributed by atoms with Crippen LogP contribution in [0, 0.1) is 0 Å². The van der Waals surface area contributed by atoms with Crippen molar-refractivity contribution < 1.29 is 5.11 Å². The molecule has 9 heavy (non-hydrogen) atoms. The molecule has 0 aliphatic rings. The first kappa shape index (κ1) is 8.27. The van der Waals surface area contributed by atoms with E-state index in [-0.39, 0.29) is 11.9 Å². The Kier molecular flexibility index (Phi) is 3.06. The Bertz CT molecular complexity index is 152. The molecule has 2 nitrogen and oxygen atoms in total. The monoisotopic (exact) mass is 145 g/mol. The predicted octanol–water partition coefficient (Wildman–Crippen LogP) is 2.21. The molecule has 0 bridgehead atoms. The first-order valence-corrected chi connectivity index (χ1v) is 2.61. The number of halogens is 1. The van der Waals surface area contributed by atoms with E-state index in [0.29, 0.717) is 5.02 Å². The van der Waals surface area contributed by atoms with Gasteiger partial charge in [0.25, 0.3) is 0 Å². The lowest BCUT2D eigenvalue weighted by Gasteiger charge is -1.87. The Labute approximate surface area is 58.7 Å². The fourth-order valence-corrected chi connectivity index (χ4v) is 0.567. The molecule has 0 saturated heterocycles. The third kappa shape index (κ3) is 2.35. The van der Waals surface area contributed by atoms with E-state index in [4.69, 9.17) is 16.7 Å². The smallest absolute Gasteiger partial charge is 0.115 e. The molecular weight excluding hydrogens is 138 g/mol. The van der Waals surface area contributed by atoms with Crippen LogP contribution in [0.1, 0.15) is 0 Å². The van der Waals surface area contributed by atoms with Crippen molar-refractivity contribution in [3.63, 3.8) is 0 Å². The summed E-state index contributed by atoms with van der Waals surface area (Å²) in [5.74, 6) is 0.245. The molecule has 3 heteroatoms. The van der Waals surface area contributed by atoms with Crippen LogP contribution in [-0.4, -0.2) is 5.11 Å². The SMILES string of the molecule is N.Oc1ccc(Cl)cc1. The van der Waals surface area contributed by atoms with Crippen molar-refractivity contribution in [1.82, 2.24) is 6.15 Å². The van der Waals surface area contributed by atoms with Gasteiger partial charge < -0.3 is 11.3 Å². The second-order valence-electron chi connectivity index (χ2n) is 1.48. The van der Waals surface area contributed by atoms with Gasteiger partial charge in [-0.1, -0.05) is 11.6 Å². The second kappa shape index (κ2) is 3.33. The molecule has 0 fully saturated rings. The Balaban J connectivity index is 0.000000640. The van der Waals surface area contributed by atoms with Crippen molar-refractivity contribution in [2.24, 2.45) is 0 Å². The van der Waals surface area contributed by atoms with Gasteiger partial charge in [0, 0.05) is 5.02 Å². The van der Waals surface area contributed by atoms with Crippen LogP contribution < -0.4 is 6.15 Å². The number of phenolic OH excluding ortho intramolecular Hbond substituents is 1. The topological polar surface area (TPSA) is 55.2 Å². The summed E-state index contributed by atoms with van der Waals surface area (Å²) in [6.45, 7) is 0. The Hall–Kier alpha value is -0.730. The number of rotatable bonds is 0. The molecule has 0 unspecified atom stereocenters. The molecule has 0 radical (unpaired) electrons. The van der Waals surface area contributed by atoms with E-state index in [1.54, 1.807) is 24.3 Å². The van der Waals surface area contributed by atoms with Crippen molar-refractivity contribution in [3.05, 3.63) is 29.3 Å². The van der Waals surface area contributed by atoms with E-state index in [0.717, 1.165) is 0 Å². The second-order valence-corrected chi connectivity index (χ2v) is 1.91. The molecule has 0 amide bonds. The van der Waals surface area contributed by atoms with Crippen molar-refractivity contribution in [1.29, 1.82) is 0 Å². The lowest BCUT2D eigenvalue weighted by Crippen LogP contribution is -1.61. The number of hydrogen-bond donors (Lipinski definition) is 2. The minimum absolute atomic E-state index is 0. The molecule has 4 N–H and O–H groups in total. The number of hydrogen-bond acceptors (Lipinski definition) is 2. The van der Waals surface area contributed by atoms with Crippen LogP contribution in [0.4, 0.5) is 0 Å². The van der Waals surface area contributed by atoms with Gasteiger partial charge in [-0.2, -0.15) is 0 Å². The van der Waals surface area contributed by atoms with Gasteiger partial charge in [0.2, 0.25) is 0 Å². The van der Waals surface area contributed by atoms with Gasteiger partial charge in [-0.15, -0.1) is 0 Å². The number of phenols is 1. The van der Waals surface area contributed by atoms with Gasteiger partial charge in [0.15, 0.2) is 0 Å². The van der Waals surface area contributed by atoms with Crippen molar-refractivity contribution in [2.75, 3.05) is 0 Å². The van der Waals surface area contributed by atoms with Crippen molar-refractivity contribution >= 4 is 11.6 Å². The molecule has 0 aliphatic carbocycles. The number of benzene rings is 1. The quantitative estimate of drug-likeness (QED) is 0.588. The zero-order valence-corrected chi connectivity index (χ0v) is 5.60. The molecule has 0 heterocycles. The highest BCUT2D eigenvalue weighted by atomic mass is 35.5. The average molecular weight is 146 g/mol. The third-order valence-corrected chi connectivity index (χ3v) is 1.08. The van der Waals surface area contributed by atoms with Gasteiger partial charge in [-0.05, 0) is 24.3 Å². The Morgan fingerprint density at radius 2 is 1.56 bits per heavy atom. The van der Waals surface area contributed by atoms with E-state index in [1.165, 1.54) is 0 Å². The molecule has 0 aliphatic heterocycles. The zero-order valence-electron chi connectivity index (χ0n) is 4.84. The highest BCUT2D eigenvalue weighted by Crippen LogP contribution is 2.12. The highest BCUT2D eigenvalue weighted by molar-refractivity contribution is 6.30. The van der Waals surface area contributed by atoms with Gasteiger partial charge >= 0.3 is 0 Å². The average Bonchev–Trinajstić information content (AvgIpc) is 1.77. The lowest BCUT2D eigenvalue weighted by molar-refractivity contribution is 0.475. The van der Waals surface area contributed by atoms with Crippen LogP contribution >= 0.6 is 11.6 Å². The molecule has 0 atom stereocenters. The minimum atomic E-state index is 0. The summed E-state index contributed by atoms with van der Waals surface area (Å²) >= 11 is 5.50. The molecular formula is C6H8ClNO. The maximum Gasteiger partial charge on any atom is 0.115 e. The fraction of sp³-hybridized carbons (Fsp3) is 0. The molecule has 1 rings (SSSR count). The maximum absolute atomic E-state index is 8.70. The summed E-state index contributed by atoms with van der Waals surface area (Å²) in [5, 5.41) is 9.34. The van der Waals surface area contributed by atoms with E-state index < -0.39 is 0 Å². The molecule has 0 saturated carbocycles. The normalized spacial score (nSPS) is 8.11. The van der Waals surface area contributed by atoms with Crippen LogP contribution in [0.3, 0.4) is 0 Å². The van der Waals surface area contributed by atoms with E-state index in [9.17, 15) is 0 Å². The lowest BCUT2D eigenvalue weighted by atomic mass is 10.3. The Morgan fingerprint density at radius 1 is 1.11 bits per heavy atom. The first-order valence-electron chi connectivity index (χ1n) is 2.23. The van der Waals surface area contributed by atoms with Gasteiger partial charge in [0.05, 0.1) is 0 Å². The van der Waals surface area contributed by atoms with Crippen LogP contribution in [0.2, 0.25) is 5.02 Å². The fourth-order valence-electron chi connectivity index (χ4n) is 0.441. The number of aromatic hydroxyl groups is 1. The van der Waals surface area contributed by atoms with Gasteiger partial charge in [0.1, 0.15) is 5.75 Å². The van der Waals surface area contributed by atoms with Gasteiger partial charge in [-0.25, -0.2) is 0 Å². The Morgan fingerprint density at radius 3 is 1.89 bits per heavy atom. The highest BCUT2D eigenvalue weighted by Gasteiger charge is 1.84. The van der Waals surface area contributed by atoms with E-state index >= 15 is 0 Å². The van der Waals surface area contributed by atoms with Crippen molar-refractivity contribution in [2.45, 2.75) is 0 Å². The van der Waals surface area contributed by atoms with Crippen LogP contribution in [-0.2, 0) is 0 Å². The van der Waals surface area contributed by atoms with Gasteiger partial charge in [-0.3, -0.25) is 0 Å². The standard InChI is InChI=1S/C6H5ClO.H3N/c7-5-1-3-6(8)4-2-5;/h1-4,8H;1H3. The maximum atomic E-state index is 8.70. The van der Waals surface area contributed by atoms with E-state index in [2.05, 4.69) is 0 Å². The third-order valence-electron chi connectivity index (χ3n) is 0.827. The molecule has 50 valence electrons. The summed E-state index contributed by atoms with van der Waals surface area (Å²) in [4.78, 5) is 0. The first-order chi connectivity index (χ1) is 3.79. The summed E-state index contributed by atoms with van der Waals surface area (Å²) < 4.78 is 0. The van der Waals surface area contributed by atoms with Crippen LogP contribution in [0.15, 0.2) is 24.3 Å². The molecule has 1 aromatic carbocycles. The predicted molar refractivity (Wildman–Crippen MR) is 38.1 cm³/mol. The summed E-state index contributed by atoms with van der Waals surface area (Å²) in [6.07, 6.45) is 0. The zero-order chi connectivity index (χ0) is 5.98. The summed E-state index contributed by atoms with van der Waals surface area (Å²) in [5.41, 5.74) is 0. The van der Waals surface area contributed by atoms with Crippen molar-refractivity contribution in [3.8, 4) is 5.75 Å². The molecule has 1 aromatic rings. The van der Waals surface area contributed by atoms with Crippen LogP contribution in [0.5, 0.6) is 5.75 Å². The minimum Gasteiger partial charge on any atom is -0.508 e. The summed E-state index contributed by atoms with van der Waals surface area (Å²) in [7, 11) is 0. The largest absolute Gasteiger partial charge is 0.508 e. The van der Waals surface area contributed by atoms with Crippen LogP contribution in [0.25, 0.3) is 0 Å². The molecule has 0 aromatic heterocycles. The summed E-state index contributed by atoms with van der Waals surface area (Å²) in [6, 6.07) is 6.36.